The third kappa shape index (κ3) is 2.16. The van der Waals surface area contributed by atoms with Crippen molar-refractivity contribution in [2.45, 2.75) is 6.92 Å². The third-order valence-electron chi connectivity index (χ3n) is 3.99. The van der Waals surface area contributed by atoms with Gasteiger partial charge >= 0.3 is 0 Å². The minimum absolute atomic E-state index is 0.00909. The second-order valence-corrected chi connectivity index (χ2v) is 5.43. The summed E-state index contributed by atoms with van der Waals surface area (Å²) in [6.07, 6.45) is 7.53. The first-order chi connectivity index (χ1) is 11.3. The predicted molar refractivity (Wildman–Crippen MR) is 91.2 cm³/mol. The van der Waals surface area contributed by atoms with Crippen molar-refractivity contribution in [3.05, 3.63) is 78.4 Å². The molecular weight excluding hydrogens is 286 g/mol. The number of carbonyl (C=O) groups is 1. The van der Waals surface area contributed by atoms with Crippen LogP contribution < -0.4 is 4.90 Å². The van der Waals surface area contributed by atoms with E-state index in [1.807, 2.05) is 59.3 Å². The Morgan fingerprint density at radius 1 is 1.00 bits per heavy atom. The molecule has 0 bridgehead atoms. The summed E-state index contributed by atoms with van der Waals surface area (Å²) in [7, 11) is 0. The summed E-state index contributed by atoms with van der Waals surface area (Å²) in [5.41, 5.74) is 4.77. The number of hydrogen-bond donors (Lipinski definition) is 0. The second-order valence-electron chi connectivity index (χ2n) is 5.43. The van der Waals surface area contributed by atoms with Crippen LogP contribution in [0.5, 0.6) is 0 Å². The van der Waals surface area contributed by atoms with Crippen molar-refractivity contribution in [2.24, 2.45) is 0 Å². The van der Waals surface area contributed by atoms with Crippen LogP contribution in [-0.2, 0) is 4.79 Å². The van der Waals surface area contributed by atoms with Crippen LogP contribution in [0.4, 0.5) is 11.4 Å². The Labute approximate surface area is 134 Å². The van der Waals surface area contributed by atoms with Gasteiger partial charge in [0.2, 0.25) is 5.91 Å². The highest BCUT2D eigenvalue weighted by Crippen LogP contribution is 2.40. The van der Waals surface area contributed by atoms with Crippen LogP contribution in [0, 0.1) is 0 Å². The van der Waals surface area contributed by atoms with E-state index in [-0.39, 0.29) is 5.91 Å². The number of imidazole rings is 1. The maximum atomic E-state index is 12.4. The van der Waals surface area contributed by atoms with Crippen molar-refractivity contribution in [1.29, 1.82) is 0 Å². The minimum Gasteiger partial charge on any atom is -0.306 e. The van der Waals surface area contributed by atoms with Crippen LogP contribution in [-0.4, -0.2) is 15.5 Å². The van der Waals surface area contributed by atoms with E-state index in [9.17, 15) is 4.79 Å². The summed E-state index contributed by atoms with van der Waals surface area (Å²) in [4.78, 5) is 18.3. The molecule has 2 aromatic carbocycles. The summed E-state index contributed by atoms with van der Waals surface area (Å²) in [6.45, 7) is 1.59. The summed E-state index contributed by atoms with van der Waals surface area (Å²) < 4.78 is 1.97. The SMILES string of the molecule is CC(=O)N1c2ccccc2C=C(n2ccnc2)c2ccccc21. The largest absolute Gasteiger partial charge is 0.306 e. The van der Waals surface area contributed by atoms with Crippen molar-refractivity contribution in [3.8, 4) is 0 Å². The van der Waals surface area contributed by atoms with Crippen LogP contribution in [0.3, 0.4) is 0 Å². The van der Waals surface area contributed by atoms with E-state index in [1.54, 1.807) is 24.3 Å². The van der Waals surface area contributed by atoms with Crippen molar-refractivity contribution in [1.82, 2.24) is 9.55 Å². The molecule has 4 rings (SSSR count). The summed E-state index contributed by atoms with van der Waals surface area (Å²) in [6, 6.07) is 15.9. The van der Waals surface area contributed by atoms with Crippen LogP contribution in [0.1, 0.15) is 18.1 Å². The summed E-state index contributed by atoms with van der Waals surface area (Å²) >= 11 is 0. The lowest BCUT2D eigenvalue weighted by Crippen LogP contribution is -2.23. The number of amides is 1. The lowest BCUT2D eigenvalue weighted by Gasteiger charge is -2.23. The Balaban J connectivity index is 2.07. The van der Waals surface area contributed by atoms with Crippen LogP contribution in [0.15, 0.2) is 67.3 Å². The van der Waals surface area contributed by atoms with Gasteiger partial charge < -0.3 is 4.57 Å². The number of hydrogen-bond acceptors (Lipinski definition) is 2. The highest BCUT2D eigenvalue weighted by Gasteiger charge is 2.24. The molecule has 0 spiro atoms. The second kappa shape index (κ2) is 5.25. The van der Waals surface area contributed by atoms with Crippen molar-refractivity contribution in [3.63, 3.8) is 0 Å². The van der Waals surface area contributed by atoms with Gasteiger partial charge in [0.25, 0.3) is 0 Å². The number of benzene rings is 2. The maximum Gasteiger partial charge on any atom is 0.228 e. The Bertz CT molecular complexity index is 910. The maximum absolute atomic E-state index is 12.4. The molecule has 3 aromatic rings. The van der Waals surface area contributed by atoms with Gasteiger partial charge in [-0.25, -0.2) is 4.98 Å². The molecule has 23 heavy (non-hydrogen) atoms. The van der Waals surface area contributed by atoms with Crippen molar-refractivity contribution >= 4 is 29.1 Å². The molecule has 4 nitrogen and oxygen atoms in total. The molecule has 0 saturated heterocycles. The molecule has 1 aliphatic heterocycles. The molecule has 0 aliphatic carbocycles. The smallest absolute Gasteiger partial charge is 0.228 e. The third-order valence-corrected chi connectivity index (χ3v) is 3.99. The van der Waals surface area contributed by atoms with Crippen LogP contribution >= 0.6 is 0 Å². The zero-order chi connectivity index (χ0) is 15.8. The summed E-state index contributed by atoms with van der Waals surface area (Å²) in [5, 5.41) is 0. The lowest BCUT2D eigenvalue weighted by molar-refractivity contribution is -0.115. The molecule has 0 fully saturated rings. The molecule has 1 aliphatic rings. The standard InChI is InChI=1S/C19H15N3O/c1-14(23)22-17-8-4-2-6-15(17)12-19(21-11-10-20-13-21)16-7-3-5-9-18(16)22/h2-13H,1H3. The number of aromatic nitrogens is 2. The van der Waals surface area contributed by atoms with Crippen molar-refractivity contribution in [2.75, 3.05) is 4.90 Å². The molecule has 1 aromatic heterocycles. The topological polar surface area (TPSA) is 38.1 Å². The Morgan fingerprint density at radius 2 is 1.74 bits per heavy atom. The van der Waals surface area contributed by atoms with Crippen LogP contribution in [0.2, 0.25) is 0 Å². The van der Waals surface area contributed by atoms with Crippen molar-refractivity contribution < 1.29 is 4.79 Å². The predicted octanol–water partition coefficient (Wildman–Crippen LogP) is 3.93. The number of nitrogens with zero attached hydrogens (tertiary/aromatic N) is 3. The molecule has 0 saturated carbocycles. The highest BCUT2D eigenvalue weighted by molar-refractivity contribution is 6.07. The van der Waals surface area contributed by atoms with Gasteiger partial charge in [-0.3, -0.25) is 9.69 Å². The fourth-order valence-electron chi connectivity index (χ4n) is 3.01. The Morgan fingerprint density at radius 3 is 2.48 bits per heavy atom. The molecule has 1 amide bonds. The molecule has 0 N–H and O–H groups in total. The van der Waals surface area contributed by atoms with E-state index in [0.29, 0.717) is 0 Å². The van der Waals surface area contributed by atoms with Gasteiger partial charge in [0.05, 0.1) is 23.4 Å². The van der Waals surface area contributed by atoms with Gasteiger partial charge in [-0.05, 0) is 18.2 Å². The van der Waals surface area contributed by atoms with Crippen LogP contribution in [0.25, 0.3) is 11.8 Å². The van der Waals surface area contributed by atoms with Gasteiger partial charge in [0, 0.05) is 30.4 Å². The normalized spacial score (nSPS) is 12.9. The minimum atomic E-state index is -0.00909. The average molecular weight is 301 g/mol. The lowest BCUT2D eigenvalue weighted by atomic mass is 10.1. The molecule has 4 heteroatoms. The highest BCUT2D eigenvalue weighted by atomic mass is 16.2. The fourth-order valence-corrected chi connectivity index (χ4v) is 3.01. The van der Waals surface area contributed by atoms with E-state index in [1.165, 1.54) is 0 Å². The first kappa shape index (κ1) is 13.5. The van der Waals surface area contributed by atoms with E-state index in [0.717, 1.165) is 28.2 Å². The Kier molecular flexibility index (Phi) is 3.08. The summed E-state index contributed by atoms with van der Waals surface area (Å²) in [5.74, 6) is -0.00909. The number of anilines is 2. The van der Waals surface area contributed by atoms with E-state index >= 15 is 0 Å². The first-order valence-corrected chi connectivity index (χ1v) is 7.45. The van der Waals surface area contributed by atoms with E-state index < -0.39 is 0 Å². The first-order valence-electron chi connectivity index (χ1n) is 7.45. The zero-order valence-electron chi connectivity index (χ0n) is 12.7. The van der Waals surface area contributed by atoms with Gasteiger partial charge in [0.15, 0.2) is 0 Å². The molecular formula is C19H15N3O. The monoisotopic (exact) mass is 301 g/mol. The number of para-hydroxylation sites is 2. The van der Waals surface area contributed by atoms with Gasteiger partial charge in [-0.1, -0.05) is 36.4 Å². The molecule has 0 unspecified atom stereocenters. The molecule has 0 atom stereocenters. The van der Waals surface area contributed by atoms with Gasteiger partial charge in [-0.15, -0.1) is 0 Å². The van der Waals surface area contributed by atoms with Gasteiger partial charge in [0.1, 0.15) is 0 Å². The molecule has 2 heterocycles. The molecule has 0 radical (unpaired) electrons. The Hall–Kier alpha value is -3.14. The van der Waals surface area contributed by atoms with E-state index in [2.05, 4.69) is 11.1 Å². The van der Waals surface area contributed by atoms with Gasteiger partial charge in [-0.2, -0.15) is 0 Å². The quantitative estimate of drug-likeness (QED) is 0.683. The fraction of sp³-hybridized carbons (Fsp3) is 0.0526. The average Bonchev–Trinajstić information content (AvgIpc) is 3.04. The number of carbonyl (C=O) groups excluding carboxylic acids is 1. The number of fused-ring (bicyclic) bond motifs is 2. The van der Waals surface area contributed by atoms with E-state index in [4.69, 9.17) is 0 Å². The number of rotatable bonds is 1. The zero-order valence-corrected chi connectivity index (χ0v) is 12.7. The molecule has 112 valence electrons.